The van der Waals surface area contributed by atoms with E-state index in [1.165, 1.54) is 64.1 Å². The number of nitrogens with zero attached hydrogens (tertiary/aromatic N) is 8. The molecule has 0 saturated carbocycles. The number of amides is 4. The number of thioether (sulfide) groups is 1. The molecule has 6 aromatic rings. The van der Waals surface area contributed by atoms with Crippen LogP contribution in [0.5, 0.6) is 11.5 Å². The maximum absolute atomic E-state index is 12.7. The van der Waals surface area contributed by atoms with E-state index in [1.54, 1.807) is 30.3 Å². The molecule has 4 unspecified atom stereocenters. The van der Waals surface area contributed by atoms with Crippen LogP contribution in [0.4, 0.5) is 11.6 Å². The molecule has 0 bridgehead atoms. The molecule has 14 atom stereocenters. The van der Waals surface area contributed by atoms with E-state index in [1.807, 2.05) is 0 Å². The second kappa shape index (κ2) is 44.0. The highest BCUT2D eigenvalue weighted by molar-refractivity contribution is 8.14. The number of phenolic OH excluding ortho intramolecular Hbond substituents is 2. The van der Waals surface area contributed by atoms with Gasteiger partial charge in [-0.1, -0.05) is 69.8 Å². The smallest absolute Gasteiger partial charge is 0.481 e. The lowest BCUT2D eigenvalue weighted by Crippen LogP contribution is -2.46. The van der Waals surface area contributed by atoms with Crippen LogP contribution < -0.4 is 32.7 Å². The van der Waals surface area contributed by atoms with Crippen LogP contribution in [0, 0.1) is 10.8 Å². The van der Waals surface area contributed by atoms with Gasteiger partial charge in [-0.25, -0.2) is 62.1 Å². The molecule has 660 valence electrons. The summed E-state index contributed by atoms with van der Waals surface area (Å²) in [4.78, 5) is 172. The van der Waals surface area contributed by atoms with Crippen molar-refractivity contribution in [3.63, 3.8) is 0 Å². The van der Waals surface area contributed by atoms with Gasteiger partial charge < -0.3 is 117 Å². The van der Waals surface area contributed by atoms with Crippen molar-refractivity contribution in [1.82, 2.24) is 60.3 Å². The number of benzene rings is 2. The predicted molar refractivity (Wildman–Crippen MR) is 413 cm³/mol. The molecule has 6 heterocycles. The molecule has 2 saturated heterocycles. The Labute approximate surface area is 682 Å². The number of nitrogens with two attached hydrogens (primary N) is 2. The maximum Gasteiger partial charge on any atom is 0.481 e. The number of aliphatic carboxylic acids is 1. The average Bonchev–Trinajstić information content (AvgIpc) is 1.62. The zero-order valence-corrected chi connectivity index (χ0v) is 69.5. The molecule has 0 spiro atoms. The molecular weight excluding hydrogens is 1760 g/mol. The van der Waals surface area contributed by atoms with Gasteiger partial charge in [0.05, 0.1) is 39.1 Å². The van der Waals surface area contributed by atoms with Gasteiger partial charge in [0.25, 0.3) is 0 Å². The van der Waals surface area contributed by atoms with E-state index in [2.05, 4.69) is 81.5 Å². The number of aliphatic hydroxyl groups excluding tert-OH is 4. The van der Waals surface area contributed by atoms with Crippen molar-refractivity contribution in [2.75, 3.05) is 75.6 Å². The molecule has 4 aromatic heterocycles. The Morgan fingerprint density at radius 2 is 0.924 bits per heavy atom. The van der Waals surface area contributed by atoms with Gasteiger partial charge in [-0.05, 0) is 47.5 Å². The van der Waals surface area contributed by atoms with Crippen LogP contribution in [0.15, 0.2) is 86.0 Å². The number of hydrogen-bond acceptors (Lipinski definition) is 38. The number of nitrogens with one attached hydrogen (secondary N) is 4. The Morgan fingerprint density at radius 1 is 0.555 bits per heavy atom. The number of aliphatic hydroxyl groups is 4. The topological polar surface area (TPSA) is 788 Å². The van der Waals surface area contributed by atoms with E-state index in [9.17, 15) is 121 Å². The first-order chi connectivity index (χ1) is 55.3. The molecule has 23 N–H and O–H groups in total. The molecule has 2 aliphatic rings. The molecule has 8 rings (SSSR count). The van der Waals surface area contributed by atoms with Gasteiger partial charge in [0.15, 0.2) is 35.4 Å². The molecule has 59 heteroatoms. The number of ether oxygens (including phenoxy) is 2. The van der Waals surface area contributed by atoms with Crippen molar-refractivity contribution in [3.05, 3.63) is 97.1 Å². The van der Waals surface area contributed by atoms with Crippen LogP contribution in [0.25, 0.3) is 34.5 Å². The van der Waals surface area contributed by atoms with Gasteiger partial charge >= 0.3 is 52.9 Å². The number of anilines is 2. The van der Waals surface area contributed by atoms with E-state index in [0.29, 0.717) is 17.9 Å². The van der Waals surface area contributed by atoms with E-state index < -0.39 is 169 Å². The normalized spacial score (nSPS) is 21.0. The minimum absolute atomic E-state index is 0.0243. The quantitative estimate of drug-likeness (QED) is 0.0103. The second-order valence-electron chi connectivity index (χ2n) is 26.2. The Hall–Kier alpha value is -7.56. The number of carbonyl (C=O) groups excluding carboxylic acids is 5. The molecule has 2 aliphatic heterocycles. The number of rotatable bonds is 41. The van der Waals surface area contributed by atoms with Gasteiger partial charge in [0, 0.05) is 67.4 Å². The van der Waals surface area contributed by atoms with Crippen LogP contribution in [-0.2, 0) is 101 Å². The number of phenols is 2. The number of carboxylic acid groups (broad SMARTS) is 1. The van der Waals surface area contributed by atoms with Crippen molar-refractivity contribution in [2.24, 2.45) is 10.8 Å². The van der Waals surface area contributed by atoms with Gasteiger partial charge in [-0.3, -0.25) is 60.2 Å². The van der Waals surface area contributed by atoms with Crippen LogP contribution in [0.3, 0.4) is 0 Å². The summed E-state index contributed by atoms with van der Waals surface area (Å²) in [6.07, 6.45) is -8.33. The highest BCUT2D eigenvalue weighted by Gasteiger charge is 2.53. The zero-order valence-electron chi connectivity index (χ0n) is 62.5. The van der Waals surface area contributed by atoms with Crippen LogP contribution in [-0.4, -0.2) is 262 Å². The number of aromatic hydroxyl groups is 2. The highest BCUT2D eigenvalue weighted by atomic mass is 32.2. The largest absolute Gasteiger partial charge is 0.508 e. The molecule has 51 nitrogen and oxygen atoms in total. The first-order valence-electron chi connectivity index (χ1n) is 34.0. The minimum atomic E-state index is -5.58. The van der Waals surface area contributed by atoms with Crippen molar-refractivity contribution in [1.29, 1.82) is 0 Å². The number of imidazole rings is 2. The van der Waals surface area contributed by atoms with Crippen LogP contribution in [0.2, 0.25) is 0 Å². The van der Waals surface area contributed by atoms with E-state index >= 15 is 0 Å². The summed E-state index contributed by atoms with van der Waals surface area (Å²) >= 11 is 4.90. The lowest BCUT2D eigenvalue weighted by atomic mass is 9.87. The Balaban J connectivity index is 0.000000328. The number of carboxylic acids is 1. The highest BCUT2D eigenvalue weighted by Crippen LogP contribution is 2.63. The predicted octanol–water partition coefficient (Wildman–Crippen LogP) is -0.0916. The minimum Gasteiger partial charge on any atom is -0.508 e. The van der Waals surface area contributed by atoms with E-state index in [-0.39, 0.29) is 94.7 Å². The molecular formula is C60H86N14O37P6S2. The zero-order chi connectivity index (χ0) is 88.8. The third-order valence-electron chi connectivity index (χ3n) is 15.9. The van der Waals surface area contributed by atoms with Gasteiger partial charge in [0.1, 0.15) is 84.0 Å². The number of phosphoric acid groups is 6. The monoisotopic (exact) mass is 1840 g/mol. The second-order valence-corrected chi connectivity index (χ2v) is 36.2. The Morgan fingerprint density at radius 3 is 1.29 bits per heavy atom. The fourth-order valence-electron chi connectivity index (χ4n) is 9.97. The third kappa shape index (κ3) is 32.6. The molecule has 0 radical (unpaired) electrons. The summed E-state index contributed by atoms with van der Waals surface area (Å²) < 4.78 is 124. The number of aromatic nitrogens is 8. The molecule has 2 fully saturated rings. The maximum atomic E-state index is 12.7. The van der Waals surface area contributed by atoms with Gasteiger partial charge in [-0.15, -0.1) is 0 Å². The average molecular weight is 1850 g/mol. The fourth-order valence-corrected chi connectivity index (χ4v) is 16.3. The Bertz CT molecular complexity index is 4850. The SMILES string of the molecule is CC(C)(COP(=O)(O)OP(=O)(O)OC[C@H]1O[C@@H](n2cnc3c(N)ncnc32)[C@H](O)[C@@H]1OP(=O)(O)O)[C@@H](O)C(=O)NCCC(=O)NCCS.CC(C)(COP(=O)(O)OP(=O)(O)OC[C@H]1O[C@@H](n2cnc3c(N)ncnc32)[C@H](O)[C@@H]1OP(=O)(O)O)[C@@H](O)C(=O)NCCC(=O)NCCSC(=O)/C=C/c1ccc(O)cc1.O=C(O)/C=C/c1ccc(O)cc1. The standard InChI is InChI=1S/C30H42N7O18P3S.C21H36N7O16P3S.C9H8O3/c1-30(2,25(42)28(43)33-10-9-20(39)32-11-12-59-21(40)8-5-17-3-6-18(38)7-4-17)14-52-58(49,50)55-57(47,48)51-13-19-24(54-56(44,45)46)23(41)29(53-19)37-16-36-22-26(31)34-15-35-27(22)37;1-21(2,16(31)19(32)24-4-3-12(29)23-5-6-48)8-41-47(38,39)44-46(36,37)40-7-11-15(43-45(33,34)35)14(30)20(42-11)28-10-27-13-17(22)25-9-26-18(13)28;10-8-4-1-7(2-5-8)3-6-9(11)12/h3-8,15-16,19,23-25,29,38,41-42H,9-14H2,1-2H3,(H,32,39)(H,33,43)(H,47,48)(H,49,50)(H2,31,34,35)(H2,44,45,46);9-11,14-16,20,30-31,48H,3-8H2,1-2H3,(H,23,29)(H,24,32)(H,36,37)(H,38,39)(H2,22,25,26)(H2,33,34,35);1-6,10H,(H,11,12)/b8-5+;;6-3+/t19-,23-,24-,25+,29-;11-,14-,15-,16+,20-;/m11./s1. The van der Waals surface area contributed by atoms with Gasteiger partial charge in [-0.2, -0.15) is 21.3 Å². The summed E-state index contributed by atoms with van der Waals surface area (Å²) in [5.41, 5.74) is 9.98. The van der Waals surface area contributed by atoms with Crippen LogP contribution in [0.1, 0.15) is 64.1 Å². The van der Waals surface area contributed by atoms with Crippen molar-refractivity contribution in [2.45, 2.75) is 102 Å². The summed E-state index contributed by atoms with van der Waals surface area (Å²) in [7, 11) is -32.7. The first kappa shape index (κ1) is 100. The number of fused-ring (bicyclic) bond motifs is 2. The van der Waals surface area contributed by atoms with E-state index in [4.69, 9.17) is 49.2 Å². The number of thiol groups is 1. The van der Waals surface area contributed by atoms with Crippen molar-refractivity contribution in [3.8, 4) is 11.5 Å². The lowest BCUT2D eigenvalue weighted by Gasteiger charge is -2.30. The summed E-state index contributed by atoms with van der Waals surface area (Å²) in [6.45, 7) is 1.07. The van der Waals surface area contributed by atoms with Gasteiger partial charge in [0.2, 0.25) is 28.7 Å². The molecule has 0 aliphatic carbocycles. The fraction of sp³-hybridized carbons (Fsp3) is 0.467. The lowest BCUT2D eigenvalue weighted by molar-refractivity contribution is -0.137. The first-order valence-corrected chi connectivity index (χ1v) is 44.7. The number of nitrogen functional groups attached to an aromatic ring is 2. The van der Waals surface area contributed by atoms with E-state index in [0.717, 1.165) is 57.8 Å². The molecule has 4 amide bonds. The van der Waals surface area contributed by atoms with Crippen molar-refractivity contribution >= 4 is 152 Å². The summed E-state index contributed by atoms with van der Waals surface area (Å²) in [6, 6.07) is 12.5. The number of carbonyl (C=O) groups is 6. The number of hydrogen-bond donors (Lipinski definition) is 22. The number of phosphoric ester groups is 6. The molecule has 119 heavy (non-hydrogen) atoms. The van der Waals surface area contributed by atoms with Crippen molar-refractivity contribution < 1.29 is 176 Å². The molecule has 2 aromatic carbocycles. The third-order valence-corrected chi connectivity index (χ3v) is 23.1. The summed E-state index contributed by atoms with van der Waals surface area (Å²) in [5, 5.41) is 78.7. The Kier molecular flexibility index (Phi) is 37.0. The van der Waals surface area contributed by atoms with Crippen LogP contribution >= 0.6 is 71.3 Å². The summed E-state index contributed by atoms with van der Waals surface area (Å²) in [5.74, 6) is -2.93.